The summed E-state index contributed by atoms with van der Waals surface area (Å²) >= 11 is 0. The predicted octanol–water partition coefficient (Wildman–Crippen LogP) is 2.43. The number of carbonyl (C=O) groups excluding carboxylic acids is 2. The maximum Gasteiger partial charge on any atom is 0.251 e. The Bertz CT molecular complexity index is 869. The Morgan fingerprint density at radius 2 is 1.88 bits per heavy atom. The molecule has 0 aliphatic carbocycles. The van der Waals surface area contributed by atoms with Gasteiger partial charge in [-0.25, -0.2) is 0 Å². The smallest absolute Gasteiger partial charge is 0.251 e. The minimum atomic E-state index is -0.366. The SMILES string of the molecule is NC(=O)Cc1ccc2occ(CCNC(=O)c3ccccc3)c2c1. The van der Waals surface area contributed by atoms with Gasteiger partial charge in [0, 0.05) is 17.5 Å². The average molecular weight is 322 g/mol. The Kier molecular flexibility index (Phi) is 4.61. The molecule has 0 atom stereocenters. The number of hydrogen-bond acceptors (Lipinski definition) is 3. The zero-order valence-electron chi connectivity index (χ0n) is 13.1. The lowest BCUT2D eigenvalue weighted by atomic mass is 10.1. The van der Waals surface area contributed by atoms with Crippen LogP contribution in [0.3, 0.4) is 0 Å². The molecule has 24 heavy (non-hydrogen) atoms. The van der Waals surface area contributed by atoms with Gasteiger partial charge in [0.1, 0.15) is 5.58 Å². The molecule has 1 aromatic heterocycles. The number of nitrogens with one attached hydrogen (secondary N) is 1. The number of rotatable bonds is 6. The summed E-state index contributed by atoms with van der Waals surface area (Å²) in [6.07, 6.45) is 2.53. The van der Waals surface area contributed by atoms with E-state index >= 15 is 0 Å². The highest BCUT2D eigenvalue weighted by Gasteiger charge is 2.09. The number of nitrogens with two attached hydrogens (primary N) is 1. The van der Waals surface area contributed by atoms with Crippen LogP contribution in [0, 0.1) is 0 Å². The molecule has 0 saturated carbocycles. The summed E-state index contributed by atoms with van der Waals surface area (Å²) in [5, 5.41) is 3.84. The third-order valence-corrected chi connectivity index (χ3v) is 3.81. The largest absolute Gasteiger partial charge is 0.464 e. The summed E-state index contributed by atoms with van der Waals surface area (Å²) in [5.74, 6) is -0.465. The average Bonchev–Trinajstić information content (AvgIpc) is 2.97. The second-order valence-corrected chi connectivity index (χ2v) is 5.61. The summed E-state index contributed by atoms with van der Waals surface area (Å²) < 4.78 is 5.52. The molecule has 5 nitrogen and oxygen atoms in total. The van der Waals surface area contributed by atoms with Crippen LogP contribution in [0.4, 0.5) is 0 Å². The topological polar surface area (TPSA) is 85.3 Å². The molecular formula is C19H18N2O3. The van der Waals surface area contributed by atoms with Crippen LogP contribution < -0.4 is 11.1 Å². The van der Waals surface area contributed by atoms with Gasteiger partial charge in [0.25, 0.3) is 5.91 Å². The molecule has 1 heterocycles. The van der Waals surface area contributed by atoms with Crippen LogP contribution in [-0.2, 0) is 17.6 Å². The van der Waals surface area contributed by atoms with Crippen molar-refractivity contribution < 1.29 is 14.0 Å². The fourth-order valence-corrected chi connectivity index (χ4v) is 2.64. The van der Waals surface area contributed by atoms with E-state index in [9.17, 15) is 9.59 Å². The van der Waals surface area contributed by atoms with Crippen molar-refractivity contribution in [2.75, 3.05) is 6.54 Å². The summed E-state index contributed by atoms with van der Waals surface area (Å²) in [6, 6.07) is 14.7. The predicted molar refractivity (Wildman–Crippen MR) is 91.6 cm³/mol. The van der Waals surface area contributed by atoms with Crippen molar-refractivity contribution in [2.24, 2.45) is 5.73 Å². The minimum absolute atomic E-state index is 0.0992. The van der Waals surface area contributed by atoms with E-state index in [-0.39, 0.29) is 18.2 Å². The molecule has 3 rings (SSSR count). The molecule has 2 aromatic carbocycles. The van der Waals surface area contributed by atoms with E-state index in [0.717, 1.165) is 22.1 Å². The lowest BCUT2D eigenvalue weighted by Crippen LogP contribution is -2.25. The van der Waals surface area contributed by atoms with E-state index in [4.69, 9.17) is 10.2 Å². The molecule has 122 valence electrons. The van der Waals surface area contributed by atoms with Crippen LogP contribution in [0.25, 0.3) is 11.0 Å². The molecule has 0 unspecified atom stereocenters. The van der Waals surface area contributed by atoms with Crippen molar-refractivity contribution in [3.63, 3.8) is 0 Å². The maximum atomic E-state index is 12.0. The lowest BCUT2D eigenvalue weighted by molar-refractivity contribution is -0.117. The number of furan rings is 1. The van der Waals surface area contributed by atoms with Gasteiger partial charge in [0.15, 0.2) is 0 Å². The monoisotopic (exact) mass is 322 g/mol. The molecule has 0 aliphatic rings. The zero-order chi connectivity index (χ0) is 16.9. The highest BCUT2D eigenvalue weighted by Crippen LogP contribution is 2.23. The molecule has 3 N–H and O–H groups in total. The summed E-state index contributed by atoms with van der Waals surface area (Å²) in [4.78, 5) is 23.1. The highest BCUT2D eigenvalue weighted by molar-refractivity contribution is 5.94. The number of amides is 2. The zero-order valence-corrected chi connectivity index (χ0v) is 13.1. The summed E-state index contributed by atoms with van der Waals surface area (Å²) in [6.45, 7) is 0.502. The first-order chi connectivity index (χ1) is 11.6. The van der Waals surface area contributed by atoms with Crippen molar-refractivity contribution >= 4 is 22.8 Å². The van der Waals surface area contributed by atoms with Crippen molar-refractivity contribution in [3.05, 3.63) is 71.5 Å². The third-order valence-electron chi connectivity index (χ3n) is 3.81. The molecule has 0 spiro atoms. The molecule has 0 aliphatic heterocycles. The van der Waals surface area contributed by atoms with E-state index in [2.05, 4.69) is 5.32 Å². The van der Waals surface area contributed by atoms with E-state index in [1.807, 2.05) is 36.4 Å². The number of benzene rings is 2. The van der Waals surface area contributed by atoms with Crippen LogP contribution >= 0.6 is 0 Å². The first kappa shape index (κ1) is 15.8. The van der Waals surface area contributed by atoms with Gasteiger partial charge in [-0.2, -0.15) is 0 Å². The van der Waals surface area contributed by atoms with E-state index in [0.29, 0.717) is 18.5 Å². The lowest BCUT2D eigenvalue weighted by Gasteiger charge is -2.05. The van der Waals surface area contributed by atoms with Crippen LogP contribution in [-0.4, -0.2) is 18.4 Å². The third kappa shape index (κ3) is 3.63. The first-order valence-electron chi connectivity index (χ1n) is 7.74. The van der Waals surface area contributed by atoms with E-state index in [1.165, 1.54) is 0 Å². The molecule has 0 radical (unpaired) electrons. The first-order valence-corrected chi connectivity index (χ1v) is 7.74. The van der Waals surface area contributed by atoms with Crippen molar-refractivity contribution in [1.82, 2.24) is 5.32 Å². The highest BCUT2D eigenvalue weighted by atomic mass is 16.3. The van der Waals surface area contributed by atoms with Crippen molar-refractivity contribution in [3.8, 4) is 0 Å². The molecular weight excluding hydrogens is 304 g/mol. The Balaban J connectivity index is 1.66. The fourth-order valence-electron chi connectivity index (χ4n) is 2.64. The molecule has 0 fully saturated rings. The molecule has 5 heteroatoms. The quantitative estimate of drug-likeness (QED) is 0.731. The fraction of sp³-hybridized carbons (Fsp3) is 0.158. The van der Waals surface area contributed by atoms with E-state index in [1.54, 1.807) is 18.4 Å². The van der Waals surface area contributed by atoms with Crippen LogP contribution in [0.5, 0.6) is 0 Å². The van der Waals surface area contributed by atoms with Crippen molar-refractivity contribution in [2.45, 2.75) is 12.8 Å². The molecule has 3 aromatic rings. The van der Waals surface area contributed by atoms with Gasteiger partial charge in [0.05, 0.1) is 12.7 Å². The Morgan fingerprint density at radius 1 is 1.08 bits per heavy atom. The van der Waals surface area contributed by atoms with Gasteiger partial charge in [-0.1, -0.05) is 24.3 Å². The number of fused-ring (bicyclic) bond motifs is 1. The van der Waals surface area contributed by atoms with Gasteiger partial charge in [-0.05, 0) is 41.8 Å². The molecule has 0 bridgehead atoms. The number of primary amides is 1. The molecule has 2 amide bonds. The standard InChI is InChI=1S/C19H18N2O3/c20-18(22)11-13-6-7-17-16(10-13)15(12-24-17)8-9-21-19(23)14-4-2-1-3-5-14/h1-7,10,12H,8-9,11H2,(H2,20,22)(H,21,23). The van der Waals surface area contributed by atoms with Gasteiger partial charge >= 0.3 is 0 Å². The second-order valence-electron chi connectivity index (χ2n) is 5.61. The van der Waals surface area contributed by atoms with Gasteiger partial charge in [-0.3, -0.25) is 9.59 Å². The Hall–Kier alpha value is -3.08. The normalized spacial score (nSPS) is 10.7. The second kappa shape index (κ2) is 7.00. The summed E-state index contributed by atoms with van der Waals surface area (Å²) in [7, 11) is 0. The Morgan fingerprint density at radius 3 is 2.62 bits per heavy atom. The number of hydrogen-bond donors (Lipinski definition) is 2. The van der Waals surface area contributed by atoms with Crippen LogP contribution in [0.15, 0.2) is 59.2 Å². The van der Waals surface area contributed by atoms with Gasteiger partial charge in [0.2, 0.25) is 5.91 Å². The number of carbonyl (C=O) groups is 2. The van der Waals surface area contributed by atoms with Crippen LogP contribution in [0.1, 0.15) is 21.5 Å². The van der Waals surface area contributed by atoms with Gasteiger partial charge in [-0.15, -0.1) is 0 Å². The summed E-state index contributed by atoms with van der Waals surface area (Å²) in [5.41, 5.74) is 8.48. The van der Waals surface area contributed by atoms with Gasteiger partial charge < -0.3 is 15.5 Å². The Labute approximate surface area is 139 Å². The minimum Gasteiger partial charge on any atom is -0.464 e. The van der Waals surface area contributed by atoms with Crippen molar-refractivity contribution in [1.29, 1.82) is 0 Å². The van der Waals surface area contributed by atoms with Crippen LogP contribution in [0.2, 0.25) is 0 Å². The molecule has 0 saturated heterocycles. The maximum absolute atomic E-state index is 12.0. The van der Waals surface area contributed by atoms with E-state index < -0.39 is 0 Å².